The van der Waals surface area contributed by atoms with Crippen LogP contribution in [0.3, 0.4) is 0 Å². The highest BCUT2D eigenvalue weighted by Crippen LogP contribution is 2.27. The molecule has 2 aromatic heterocycles. The lowest BCUT2D eigenvalue weighted by molar-refractivity contribution is 1.10. The van der Waals surface area contributed by atoms with Crippen LogP contribution in [0.2, 0.25) is 0 Å². The summed E-state index contributed by atoms with van der Waals surface area (Å²) in [7, 11) is 0. The highest BCUT2D eigenvalue weighted by Gasteiger charge is 2.05. The summed E-state index contributed by atoms with van der Waals surface area (Å²) in [4.78, 5) is 4.27. The summed E-state index contributed by atoms with van der Waals surface area (Å²) in [6, 6.07) is 8.20. The molecule has 3 aromatic rings. The van der Waals surface area contributed by atoms with Crippen molar-refractivity contribution >= 4 is 27.2 Å². The van der Waals surface area contributed by atoms with Crippen molar-refractivity contribution in [1.82, 2.24) is 15.2 Å². The number of nitrogens with two attached hydrogens (primary N) is 1. The summed E-state index contributed by atoms with van der Waals surface area (Å²) < 4.78 is 0. The standard InChI is InChI=1S/C12H10N4S/c1-7-4-10-5-8(2-3-9(10)6-14-7)11-15-16-12(13)17-11/h2-6H,1H3,(H2,13,16). The first-order valence-corrected chi connectivity index (χ1v) is 6.00. The maximum Gasteiger partial charge on any atom is 0.203 e. The van der Waals surface area contributed by atoms with Crippen LogP contribution >= 0.6 is 11.3 Å². The van der Waals surface area contributed by atoms with Crippen LogP contribution in [0.5, 0.6) is 0 Å². The van der Waals surface area contributed by atoms with Gasteiger partial charge in [-0.1, -0.05) is 23.5 Å². The predicted octanol–water partition coefficient (Wildman–Crippen LogP) is 2.64. The number of rotatable bonds is 1. The molecule has 0 saturated heterocycles. The Morgan fingerprint density at radius 3 is 2.76 bits per heavy atom. The van der Waals surface area contributed by atoms with E-state index in [4.69, 9.17) is 5.73 Å². The van der Waals surface area contributed by atoms with Crippen LogP contribution in [0.1, 0.15) is 5.69 Å². The molecule has 2 N–H and O–H groups in total. The molecule has 0 radical (unpaired) electrons. The molecule has 4 nitrogen and oxygen atoms in total. The van der Waals surface area contributed by atoms with Gasteiger partial charge in [0.1, 0.15) is 5.01 Å². The molecule has 0 aliphatic heterocycles. The summed E-state index contributed by atoms with van der Waals surface area (Å²) in [5.41, 5.74) is 7.63. The lowest BCUT2D eigenvalue weighted by Crippen LogP contribution is -1.83. The monoisotopic (exact) mass is 242 g/mol. The Labute approximate surface area is 102 Å². The number of fused-ring (bicyclic) bond motifs is 1. The quantitative estimate of drug-likeness (QED) is 0.712. The van der Waals surface area contributed by atoms with Crippen LogP contribution in [0.25, 0.3) is 21.3 Å². The van der Waals surface area contributed by atoms with E-state index in [1.54, 1.807) is 0 Å². The fourth-order valence-corrected chi connectivity index (χ4v) is 2.34. The molecule has 0 aliphatic rings. The van der Waals surface area contributed by atoms with Gasteiger partial charge in [-0.15, -0.1) is 10.2 Å². The second-order valence-corrected chi connectivity index (χ2v) is 4.84. The van der Waals surface area contributed by atoms with E-state index in [9.17, 15) is 0 Å². The van der Waals surface area contributed by atoms with Crippen LogP contribution in [-0.4, -0.2) is 15.2 Å². The van der Waals surface area contributed by atoms with Gasteiger partial charge >= 0.3 is 0 Å². The third kappa shape index (κ3) is 1.85. The van der Waals surface area contributed by atoms with Gasteiger partial charge in [-0.25, -0.2) is 0 Å². The Bertz CT molecular complexity index is 690. The molecule has 5 heteroatoms. The van der Waals surface area contributed by atoms with Gasteiger partial charge in [0.05, 0.1) is 0 Å². The fraction of sp³-hybridized carbons (Fsp3) is 0.0833. The number of pyridine rings is 1. The molecule has 0 aliphatic carbocycles. The highest BCUT2D eigenvalue weighted by molar-refractivity contribution is 7.18. The molecule has 0 atom stereocenters. The summed E-state index contributed by atoms with van der Waals surface area (Å²) >= 11 is 1.39. The minimum absolute atomic E-state index is 0.492. The first-order valence-electron chi connectivity index (χ1n) is 5.18. The Morgan fingerprint density at radius 2 is 2.00 bits per heavy atom. The molecule has 84 valence electrons. The Balaban J connectivity index is 2.18. The predicted molar refractivity (Wildman–Crippen MR) is 69.8 cm³/mol. The molecule has 0 bridgehead atoms. The van der Waals surface area contributed by atoms with Crippen molar-refractivity contribution in [3.05, 3.63) is 36.2 Å². The number of aryl methyl sites for hydroxylation is 1. The summed E-state index contributed by atoms with van der Waals surface area (Å²) in [5.74, 6) is 0. The van der Waals surface area contributed by atoms with Crippen molar-refractivity contribution in [2.24, 2.45) is 0 Å². The van der Waals surface area contributed by atoms with Crippen molar-refractivity contribution < 1.29 is 0 Å². The van der Waals surface area contributed by atoms with Gasteiger partial charge in [0.15, 0.2) is 0 Å². The van der Waals surface area contributed by atoms with Crippen molar-refractivity contribution in [1.29, 1.82) is 0 Å². The minimum atomic E-state index is 0.492. The molecular weight excluding hydrogens is 232 g/mol. The topological polar surface area (TPSA) is 64.7 Å². The van der Waals surface area contributed by atoms with E-state index in [1.807, 2.05) is 25.3 Å². The normalized spacial score (nSPS) is 10.9. The molecule has 0 unspecified atom stereocenters. The molecule has 0 amide bonds. The number of aromatic nitrogens is 3. The summed E-state index contributed by atoms with van der Waals surface area (Å²) in [6.45, 7) is 1.98. The maximum atomic E-state index is 5.59. The zero-order chi connectivity index (χ0) is 11.8. The average molecular weight is 242 g/mol. The maximum absolute atomic E-state index is 5.59. The zero-order valence-electron chi connectivity index (χ0n) is 9.21. The number of hydrogen-bond donors (Lipinski definition) is 1. The Hall–Kier alpha value is -2.01. The second-order valence-electron chi connectivity index (χ2n) is 3.83. The molecular formula is C12H10N4S. The van der Waals surface area contributed by atoms with E-state index >= 15 is 0 Å². The lowest BCUT2D eigenvalue weighted by Gasteiger charge is -2.01. The second kappa shape index (κ2) is 3.78. The lowest BCUT2D eigenvalue weighted by atomic mass is 10.1. The van der Waals surface area contributed by atoms with E-state index in [-0.39, 0.29) is 0 Å². The Kier molecular flexibility index (Phi) is 2.26. The van der Waals surface area contributed by atoms with Crippen LogP contribution in [0.4, 0.5) is 5.13 Å². The number of nitrogen functional groups attached to an aromatic ring is 1. The van der Waals surface area contributed by atoms with E-state index < -0.39 is 0 Å². The number of nitrogens with zero attached hydrogens (tertiary/aromatic N) is 3. The Morgan fingerprint density at radius 1 is 1.12 bits per heavy atom. The average Bonchev–Trinajstić information content (AvgIpc) is 2.75. The van der Waals surface area contributed by atoms with Gasteiger partial charge < -0.3 is 5.73 Å². The largest absolute Gasteiger partial charge is 0.374 e. The number of hydrogen-bond acceptors (Lipinski definition) is 5. The molecule has 17 heavy (non-hydrogen) atoms. The van der Waals surface area contributed by atoms with E-state index in [0.29, 0.717) is 5.13 Å². The van der Waals surface area contributed by atoms with Gasteiger partial charge in [-0.2, -0.15) is 0 Å². The molecule has 0 fully saturated rings. The van der Waals surface area contributed by atoms with Crippen LogP contribution in [-0.2, 0) is 0 Å². The number of benzene rings is 1. The van der Waals surface area contributed by atoms with Crippen LogP contribution in [0, 0.1) is 6.92 Å². The van der Waals surface area contributed by atoms with E-state index in [0.717, 1.165) is 27.0 Å². The van der Waals surface area contributed by atoms with E-state index in [1.165, 1.54) is 11.3 Å². The van der Waals surface area contributed by atoms with Gasteiger partial charge in [0, 0.05) is 22.8 Å². The molecule has 0 spiro atoms. The molecule has 2 heterocycles. The van der Waals surface area contributed by atoms with Crippen molar-refractivity contribution in [3.8, 4) is 10.6 Å². The SMILES string of the molecule is Cc1cc2cc(-c3nnc(N)s3)ccc2cn1. The van der Waals surface area contributed by atoms with Crippen LogP contribution in [0.15, 0.2) is 30.5 Å². The number of anilines is 1. The van der Waals surface area contributed by atoms with Crippen LogP contribution < -0.4 is 5.73 Å². The van der Waals surface area contributed by atoms with E-state index in [2.05, 4.69) is 27.3 Å². The van der Waals surface area contributed by atoms with Crippen molar-refractivity contribution in [2.75, 3.05) is 5.73 Å². The fourth-order valence-electron chi connectivity index (χ4n) is 1.74. The van der Waals surface area contributed by atoms with Crippen molar-refractivity contribution in [3.63, 3.8) is 0 Å². The van der Waals surface area contributed by atoms with Gasteiger partial charge in [-0.3, -0.25) is 4.98 Å². The first-order chi connectivity index (χ1) is 8.22. The molecule has 1 aromatic carbocycles. The summed E-state index contributed by atoms with van der Waals surface area (Å²) in [5, 5.41) is 11.5. The third-order valence-electron chi connectivity index (χ3n) is 2.55. The molecule has 0 saturated carbocycles. The third-order valence-corrected chi connectivity index (χ3v) is 3.35. The minimum Gasteiger partial charge on any atom is -0.374 e. The highest BCUT2D eigenvalue weighted by atomic mass is 32.1. The first kappa shape index (κ1) is 10.2. The zero-order valence-corrected chi connectivity index (χ0v) is 10.0. The van der Waals surface area contributed by atoms with Crippen molar-refractivity contribution in [2.45, 2.75) is 6.92 Å². The molecule has 3 rings (SSSR count). The van der Waals surface area contributed by atoms with Gasteiger partial charge in [0.25, 0.3) is 0 Å². The van der Waals surface area contributed by atoms with Gasteiger partial charge in [-0.05, 0) is 24.4 Å². The smallest absolute Gasteiger partial charge is 0.203 e. The van der Waals surface area contributed by atoms with Gasteiger partial charge in [0.2, 0.25) is 5.13 Å². The summed E-state index contributed by atoms with van der Waals surface area (Å²) in [6.07, 6.45) is 1.88.